The van der Waals surface area contributed by atoms with Crippen LogP contribution < -0.4 is 0 Å². The fourth-order valence-electron chi connectivity index (χ4n) is 3.15. The minimum Gasteiger partial charge on any atom is -0.451 e. The molecule has 0 aliphatic rings. The first-order chi connectivity index (χ1) is 15.0. The lowest BCUT2D eigenvalue weighted by atomic mass is 9.86. The fourth-order valence-corrected chi connectivity index (χ4v) is 3.15. The van der Waals surface area contributed by atoms with Crippen LogP contribution in [0.5, 0.6) is 0 Å². The van der Waals surface area contributed by atoms with Crippen molar-refractivity contribution in [3.8, 4) is 6.07 Å². The second-order valence-electron chi connectivity index (χ2n) is 8.85. The molecule has 32 heavy (non-hydrogen) atoms. The molecule has 0 bridgehead atoms. The van der Waals surface area contributed by atoms with Gasteiger partial charge in [0, 0.05) is 13.5 Å². The van der Waals surface area contributed by atoms with Crippen molar-refractivity contribution < 1.29 is 19.0 Å². The van der Waals surface area contributed by atoms with Crippen molar-refractivity contribution in [2.24, 2.45) is 0 Å². The molecule has 2 rings (SSSR count). The Balaban J connectivity index is 2.53. The van der Waals surface area contributed by atoms with Crippen LogP contribution in [0.15, 0.2) is 30.3 Å². The van der Waals surface area contributed by atoms with Crippen molar-refractivity contribution in [1.29, 1.82) is 5.26 Å². The van der Waals surface area contributed by atoms with Gasteiger partial charge in [-0.1, -0.05) is 45.0 Å². The number of nitriles is 1. The summed E-state index contributed by atoms with van der Waals surface area (Å²) in [7, 11) is 0. The zero-order chi connectivity index (χ0) is 24.1. The van der Waals surface area contributed by atoms with Crippen LogP contribution >= 0.6 is 0 Å². The molecular formula is C25H33N3O4. The quantitative estimate of drug-likeness (QED) is 0.234. The molecule has 0 aliphatic carbocycles. The molecule has 1 heterocycles. The lowest BCUT2D eigenvalue weighted by molar-refractivity contribution is -0.0735. The number of carbonyl (C=O) groups is 1. The number of allylic oxidation sites excluding steroid dienone is 1. The van der Waals surface area contributed by atoms with Gasteiger partial charge in [-0.15, -0.1) is 0 Å². The first-order valence-electron chi connectivity index (χ1n) is 10.8. The molecule has 172 valence electrons. The highest BCUT2D eigenvalue weighted by atomic mass is 16.8. The van der Waals surface area contributed by atoms with E-state index < -0.39 is 12.4 Å². The SMILES string of the molecule is CCn1nc(C)cc1/C(OC(C)OC(=O)OC(C)C)=C(\C#N)c1ccc(C(C)(C)C)cc1. The molecule has 2 aromatic rings. The van der Waals surface area contributed by atoms with Crippen LogP contribution in [0.4, 0.5) is 4.79 Å². The average molecular weight is 440 g/mol. The van der Waals surface area contributed by atoms with Gasteiger partial charge in [0.2, 0.25) is 6.29 Å². The molecule has 0 saturated carbocycles. The lowest BCUT2D eigenvalue weighted by Gasteiger charge is -2.21. The number of aromatic nitrogens is 2. The molecule has 0 N–H and O–H groups in total. The Hall–Kier alpha value is -3.27. The number of benzene rings is 1. The van der Waals surface area contributed by atoms with Crippen LogP contribution in [0.3, 0.4) is 0 Å². The molecule has 1 atom stereocenters. The zero-order valence-electron chi connectivity index (χ0n) is 20.2. The van der Waals surface area contributed by atoms with E-state index in [4.69, 9.17) is 14.2 Å². The predicted octanol–water partition coefficient (Wildman–Crippen LogP) is 5.83. The van der Waals surface area contributed by atoms with Crippen LogP contribution in [0.2, 0.25) is 0 Å². The summed E-state index contributed by atoms with van der Waals surface area (Å²) in [4.78, 5) is 11.9. The van der Waals surface area contributed by atoms with E-state index in [0.29, 0.717) is 29.1 Å². The molecule has 0 fully saturated rings. The summed E-state index contributed by atoms with van der Waals surface area (Å²) in [6.07, 6.45) is -2.13. The van der Waals surface area contributed by atoms with Crippen LogP contribution in [0.1, 0.15) is 71.0 Å². The van der Waals surface area contributed by atoms with Crippen molar-refractivity contribution >= 4 is 17.5 Å². The van der Waals surface area contributed by atoms with E-state index in [1.54, 1.807) is 25.5 Å². The normalized spacial score (nSPS) is 13.2. The monoisotopic (exact) mass is 439 g/mol. The standard InChI is InChI=1S/C25H33N3O4/c1-9-28-22(14-17(4)27-28)23(31-18(5)32-24(29)30-16(2)3)21(15-26)19-10-12-20(13-11-19)25(6,7)8/h10-14,16,18H,9H2,1-8H3/b23-21-. The summed E-state index contributed by atoms with van der Waals surface area (Å²) < 4.78 is 18.0. The van der Waals surface area contributed by atoms with Crippen molar-refractivity contribution in [2.75, 3.05) is 0 Å². The van der Waals surface area contributed by atoms with E-state index in [1.165, 1.54) is 0 Å². The van der Waals surface area contributed by atoms with E-state index >= 15 is 0 Å². The molecule has 0 saturated heterocycles. The van der Waals surface area contributed by atoms with Gasteiger partial charge in [0.15, 0.2) is 5.76 Å². The maximum Gasteiger partial charge on any atom is 0.511 e. The molecule has 0 spiro atoms. The Morgan fingerprint density at radius 2 is 1.75 bits per heavy atom. The van der Waals surface area contributed by atoms with Gasteiger partial charge in [-0.3, -0.25) is 4.68 Å². The number of ether oxygens (including phenoxy) is 3. The molecule has 0 amide bonds. The molecule has 0 aliphatic heterocycles. The van der Waals surface area contributed by atoms with Crippen LogP contribution in [-0.4, -0.2) is 28.3 Å². The Labute approximate surface area is 190 Å². The molecule has 7 nitrogen and oxygen atoms in total. The van der Waals surface area contributed by atoms with E-state index in [2.05, 4.69) is 31.9 Å². The summed E-state index contributed by atoms with van der Waals surface area (Å²) in [6, 6.07) is 11.9. The molecule has 1 aromatic carbocycles. The lowest BCUT2D eigenvalue weighted by Crippen LogP contribution is -2.22. The Bertz CT molecular complexity index is 1010. The van der Waals surface area contributed by atoms with E-state index in [1.807, 2.05) is 44.2 Å². The highest BCUT2D eigenvalue weighted by Crippen LogP contribution is 2.31. The van der Waals surface area contributed by atoms with E-state index in [-0.39, 0.29) is 11.5 Å². The van der Waals surface area contributed by atoms with Crippen LogP contribution in [-0.2, 0) is 26.2 Å². The Morgan fingerprint density at radius 3 is 2.25 bits per heavy atom. The number of hydrogen-bond donors (Lipinski definition) is 0. The molecule has 0 radical (unpaired) electrons. The third-order valence-corrected chi connectivity index (χ3v) is 4.69. The summed E-state index contributed by atoms with van der Waals surface area (Å²) in [5.41, 5.74) is 3.60. The third kappa shape index (κ3) is 6.36. The first kappa shape index (κ1) is 25.0. The number of hydrogen-bond acceptors (Lipinski definition) is 6. The molecular weight excluding hydrogens is 406 g/mol. The summed E-state index contributed by atoms with van der Waals surface area (Å²) in [6.45, 7) is 15.9. The van der Waals surface area contributed by atoms with Crippen molar-refractivity contribution in [3.63, 3.8) is 0 Å². The minimum absolute atomic E-state index is 0.00848. The maximum atomic E-state index is 11.9. The largest absolute Gasteiger partial charge is 0.511 e. The predicted molar refractivity (Wildman–Crippen MR) is 123 cm³/mol. The summed E-state index contributed by atoms with van der Waals surface area (Å²) >= 11 is 0. The van der Waals surface area contributed by atoms with Gasteiger partial charge in [-0.2, -0.15) is 10.4 Å². The number of rotatable bonds is 7. The topological polar surface area (TPSA) is 86.4 Å². The maximum absolute atomic E-state index is 11.9. The van der Waals surface area contributed by atoms with Crippen molar-refractivity contribution in [3.05, 3.63) is 52.8 Å². The molecule has 1 aromatic heterocycles. The number of nitrogens with zero attached hydrogens (tertiary/aromatic N) is 3. The summed E-state index contributed by atoms with van der Waals surface area (Å²) in [5, 5.41) is 14.5. The van der Waals surface area contributed by atoms with Gasteiger partial charge < -0.3 is 14.2 Å². The smallest absolute Gasteiger partial charge is 0.451 e. The van der Waals surface area contributed by atoms with Gasteiger partial charge in [-0.25, -0.2) is 4.79 Å². The van der Waals surface area contributed by atoms with E-state index in [9.17, 15) is 10.1 Å². The Morgan fingerprint density at radius 1 is 1.12 bits per heavy atom. The first-order valence-corrected chi connectivity index (χ1v) is 10.8. The van der Waals surface area contributed by atoms with E-state index in [0.717, 1.165) is 11.3 Å². The highest BCUT2D eigenvalue weighted by molar-refractivity contribution is 5.94. The van der Waals surface area contributed by atoms with Gasteiger partial charge in [-0.05, 0) is 50.3 Å². The van der Waals surface area contributed by atoms with Gasteiger partial charge in [0.05, 0.1) is 11.8 Å². The highest BCUT2D eigenvalue weighted by Gasteiger charge is 2.23. The van der Waals surface area contributed by atoms with Gasteiger partial charge in [0.25, 0.3) is 0 Å². The van der Waals surface area contributed by atoms with Crippen LogP contribution in [0, 0.1) is 18.3 Å². The second kappa shape index (κ2) is 10.4. The zero-order valence-corrected chi connectivity index (χ0v) is 20.2. The number of aryl methyl sites for hydroxylation is 2. The molecule has 1 unspecified atom stereocenters. The average Bonchev–Trinajstić information content (AvgIpc) is 3.07. The van der Waals surface area contributed by atoms with Gasteiger partial charge in [0.1, 0.15) is 17.3 Å². The molecule has 7 heteroatoms. The van der Waals surface area contributed by atoms with Crippen molar-refractivity contribution in [1.82, 2.24) is 9.78 Å². The third-order valence-electron chi connectivity index (χ3n) is 4.69. The minimum atomic E-state index is -0.978. The Kier molecular flexibility index (Phi) is 8.09. The van der Waals surface area contributed by atoms with Crippen molar-refractivity contribution in [2.45, 2.75) is 79.7 Å². The summed E-state index contributed by atoms with van der Waals surface area (Å²) in [5.74, 6) is 0.295. The second-order valence-corrected chi connectivity index (χ2v) is 8.85. The number of carbonyl (C=O) groups excluding carboxylic acids is 1. The van der Waals surface area contributed by atoms with Gasteiger partial charge >= 0.3 is 6.16 Å². The van der Waals surface area contributed by atoms with Crippen LogP contribution in [0.25, 0.3) is 11.3 Å². The fraction of sp³-hybridized carbons (Fsp3) is 0.480.